The van der Waals surface area contributed by atoms with Crippen molar-refractivity contribution in [1.29, 1.82) is 0 Å². The van der Waals surface area contributed by atoms with Gasteiger partial charge in [0.25, 0.3) is 0 Å². The Kier molecular flexibility index (Phi) is 6.22. The molecule has 13 rings (SSSR count). The van der Waals surface area contributed by atoms with Crippen LogP contribution < -0.4 is 0 Å². The summed E-state index contributed by atoms with van der Waals surface area (Å²) in [6, 6.07) is 64.5. The Labute approximate surface area is 327 Å². The van der Waals surface area contributed by atoms with Gasteiger partial charge in [-0.05, 0) is 90.0 Å². The van der Waals surface area contributed by atoms with Gasteiger partial charge in [0.15, 0.2) is 0 Å². The van der Waals surface area contributed by atoms with Gasteiger partial charge < -0.3 is 0 Å². The number of fused-ring (bicyclic) bond motifs is 8. The third-order valence-corrected chi connectivity index (χ3v) is 13.6. The van der Waals surface area contributed by atoms with Crippen LogP contribution in [-0.2, 0) is 0 Å². The van der Waals surface area contributed by atoms with Crippen molar-refractivity contribution in [3.8, 4) is 33.4 Å². The molecule has 1 aromatic heterocycles. The second-order valence-electron chi connectivity index (χ2n) is 15.1. The Balaban J connectivity index is 1.16. The second-order valence-corrected chi connectivity index (χ2v) is 16.3. The van der Waals surface area contributed by atoms with E-state index in [2.05, 4.69) is 180 Å². The molecule has 0 N–H and O–H groups in total. The largest absolute Gasteiger partial charge is 0.278 e. The fourth-order valence-electron chi connectivity index (χ4n) is 9.95. The van der Waals surface area contributed by atoms with Crippen LogP contribution in [0.2, 0.25) is 0 Å². The lowest BCUT2D eigenvalue weighted by Gasteiger charge is -2.26. The summed E-state index contributed by atoms with van der Waals surface area (Å²) in [5.74, 6) is 0.735. The summed E-state index contributed by atoms with van der Waals surface area (Å²) in [5, 5.41) is 10.1. The average molecular weight is 730 g/mol. The second kappa shape index (κ2) is 11.4. The number of benzene rings is 9. The zero-order valence-corrected chi connectivity index (χ0v) is 31.0. The quantitative estimate of drug-likeness (QED) is 0.163. The van der Waals surface area contributed by atoms with Crippen LogP contribution in [0.5, 0.6) is 0 Å². The minimum atomic E-state index is -0.0787. The molecule has 0 spiro atoms. The lowest BCUT2D eigenvalue weighted by molar-refractivity contribution is 0.765. The third kappa shape index (κ3) is 4.09. The van der Waals surface area contributed by atoms with E-state index in [1.807, 2.05) is 11.8 Å². The SMILES string of the molecule is c1ccc(-c2ccc3c4c2-c2cccc5cccc(c25)-c2cccc(c24)n3C2=NC3c4ccccc4SC3C(c3cc4ccccc4c4ccccc34)=N2)cc1. The van der Waals surface area contributed by atoms with Gasteiger partial charge in [-0.3, -0.25) is 4.57 Å². The van der Waals surface area contributed by atoms with Crippen LogP contribution in [0.25, 0.3) is 87.5 Å². The zero-order valence-electron chi connectivity index (χ0n) is 30.1. The van der Waals surface area contributed by atoms with Crippen LogP contribution >= 0.6 is 11.8 Å². The maximum atomic E-state index is 5.75. The monoisotopic (exact) mass is 729 g/mol. The van der Waals surface area contributed by atoms with Crippen LogP contribution in [0.3, 0.4) is 0 Å². The smallest absolute Gasteiger partial charge is 0.230 e. The predicted molar refractivity (Wildman–Crippen MR) is 236 cm³/mol. The van der Waals surface area contributed by atoms with Gasteiger partial charge in [-0.1, -0.05) is 152 Å². The molecule has 0 bridgehead atoms. The van der Waals surface area contributed by atoms with Gasteiger partial charge in [0.2, 0.25) is 5.96 Å². The molecule has 0 radical (unpaired) electrons. The van der Waals surface area contributed by atoms with E-state index in [-0.39, 0.29) is 11.3 Å². The molecule has 0 amide bonds. The van der Waals surface area contributed by atoms with Crippen molar-refractivity contribution < 1.29 is 0 Å². The van der Waals surface area contributed by atoms with Gasteiger partial charge in [0, 0.05) is 26.8 Å². The Hall–Kier alpha value is -6.75. The van der Waals surface area contributed by atoms with Crippen molar-refractivity contribution in [3.05, 3.63) is 187 Å². The molecule has 260 valence electrons. The molecule has 2 aliphatic heterocycles. The number of thioether (sulfide) groups is 1. The normalized spacial score (nSPS) is 16.7. The molecule has 10 aromatic rings. The molecule has 4 heteroatoms. The van der Waals surface area contributed by atoms with Crippen molar-refractivity contribution in [2.24, 2.45) is 9.98 Å². The van der Waals surface area contributed by atoms with Gasteiger partial charge in [0.1, 0.15) is 0 Å². The number of nitrogens with zero attached hydrogens (tertiary/aromatic N) is 3. The van der Waals surface area contributed by atoms with Crippen LogP contribution in [-0.4, -0.2) is 21.5 Å². The van der Waals surface area contributed by atoms with E-state index in [4.69, 9.17) is 9.98 Å². The minimum absolute atomic E-state index is 0.0491. The molecule has 3 nitrogen and oxygen atoms in total. The van der Waals surface area contributed by atoms with E-state index in [1.54, 1.807) is 0 Å². The molecule has 3 aliphatic rings. The average Bonchev–Trinajstić information content (AvgIpc) is 3.77. The third-order valence-electron chi connectivity index (χ3n) is 12.3. The number of hydrogen-bond acceptors (Lipinski definition) is 3. The highest BCUT2D eigenvalue weighted by atomic mass is 32.2. The maximum Gasteiger partial charge on any atom is 0.230 e. The molecule has 1 aliphatic carbocycles. The van der Waals surface area contributed by atoms with Crippen molar-refractivity contribution in [3.63, 3.8) is 0 Å². The lowest BCUT2D eigenvalue weighted by Crippen LogP contribution is -2.30. The van der Waals surface area contributed by atoms with Crippen molar-refractivity contribution in [1.82, 2.24) is 4.57 Å². The van der Waals surface area contributed by atoms with Crippen LogP contribution in [0.4, 0.5) is 0 Å². The van der Waals surface area contributed by atoms with Gasteiger partial charge in [-0.2, -0.15) is 0 Å². The number of aromatic nitrogens is 1. The molecule has 56 heavy (non-hydrogen) atoms. The van der Waals surface area contributed by atoms with Crippen molar-refractivity contribution in [2.75, 3.05) is 0 Å². The van der Waals surface area contributed by atoms with Gasteiger partial charge in [-0.25, -0.2) is 9.98 Å². The van der Waals surface area contributed by atoms with E-state index >= 15 is 0 Å². The highest BCUT2D eigenvalue weighted by molar-refractivity contribution is 8.01. The maximum absolute atomic E-state index is 5.75. The van der Waals surface area contributed by atoms with E-state index < -0.39 is 0 Å². The fourth-order valence-corrected chi connectivity index (χ4v) is 11.3. The fraction of sp³-hybridized carbons (Fsp3) is 0.0385. The summed E-state index contributed by atoms with van der Waals surface area (Å²) in [4.78, 5) is 12.7. The molecule has 0 fully saturated rings. The molecule has 2 atom stereocenters. The molecule has 3 heterocycles. The number of hydrogen-bond donors (Lipinski definition) is 0. The molecule has 0 saturated heterocycles. The first-order chi connectivity index (χ1) is 27.8. The molecule has 2 unspecified atom stereocenters. The summed E-state index contributed by atoms with van der Waals surface area (Å²) in [6.45, 7) is 0. The summed E-state index contributed by atoms with van der Waals surface area (Å²) in [5.41, 5.74) is 13.2. The van der Waals surface area contributed by atoms with Gasteiger partial charge in [0.05, 0.1) is 28.0 Å². The first kappa shape index (κ1) is 30.6. The summed E-state index contributed by atoms with van der Waals surface area (Å²) in [7, 11) is 0. The van der Waals surface area contributed by atoms with Crippen molar-refractivity contribution in [2.45, 2.75) is 16.2 Å². The van der Waals surface area contributed by atoms with Gasteiger partial charge >= 0.3 is 0 Å². The molecular formula is C52H31N3S. The lowest BCUT2D eigenvalue weighted by atomic mass is 9.89. The van der Waals surface area contributed by atoms with Crippen LogP contribution in [0, 0.1) is 0 Å². The molecule has 0 saturated carbocycles. The summed E-state index contributed by atoms with van der Waals surface area (Å²) >= 11 is 1.90. The predicted octanol–water partition coefficient (Wildman–Crippen LogP) is 13.5. The first-order valence-corrected chi connectivity index (χ1v) is 20.2. The Morgan fingerprint density at radius 1 is 0.464 bits per heavy atom. The van der Waals surface area contributed by atoms with E-state index in [0.717, 1.165) is 22.7 Å². The molecule has 9 aromatic carbocycles. The summed E-state index contributed by atoms with van der Waals surface area (Å²) in [6.07, 6.45) is 0. The topological polar surface area (TPSA) is 29.6 Å². The minimum Gasteiger partial charge on any atom is -0.278 e. The van der Waals surface area contributed by atoms with Gasteiger partial charge in [-0.15, -0.1) is 11.8 Å². The standard InChI is InChI=1S/C52H31N3S/c1-2-13-30(14-3-1)34-27-28-43-48-46(34)40-24-11-17-31-16-10-22-37(45(31)40)38-23-12-25-42(47(38)48)55(43)52-53-49-39-21-8-9-26-44(39)56-51(49)50(54-52)41-29-32-15-4-5-18-33(32)35-19-6-7-20-36(35)41/h1-29,49,51H. The van der Waals surface area contributed by atoms with Crippen molar-refractivity contribution >= 4 is 77.6 Å². The van der Waals surface area contributed by atoms with E-state index in [9.17, 15) is 0 Å². The Morgan fingerprint density at radius 3 is 2.02 bits per heavy atom. The zero-order chi connectivity index (χ0) is 36.5. The van der Waals surface area contributed by atoms with Crippen LogP contribution in [0.15, 0.2) is 191 Å². The molecular weight excluding hydrogens is 699 g/mol. The summed E-state index contributed by atoms with van der Waals surface area (Å²) < 4.78 is 2.37. The van der Waals surface area contributed by atoms with Crippen LogP contribution in [0.1, 0.15) is 17.2 Å². The number of rotatable bonds is 2. The first-order valence-electron chi connectivity index (χ1n) is 19.3. The van der Waals surface area contributed by atoms with E-state index in [0.29, 0.717) is 0 Å². The highest BCUT2D eigenvalue weighted by Gasteiger charge is 2.41. The Bertz CT molecular complexity index is 3400. The highest BCUT2D eigenvalue weighted by Crippen LogP contribution is 2.53. The Morgan fingerprint density at radius 2 is 1.14 bits per heavy atom. The number of aliphatic imine (C=N–C) groups is 2. The van der Waals surface area contributed by atoms with E-state index in [1.165, 1.54) is 92.5 Å².